The van der Waals surface area contributed by atoms with Crippen molar-refractivity contribution in [2.24, 2.45) is 5.10 Å². The van der Waals surface area contributed by atoms with Crippen LogP contribution in [-0.4, -0.2) is 36.6 Å². The number of rotatable bonds is 5. The molecular formula is C16H16N2O5. The van der Waals surface area contributed by atoms with Crippen molar-refractivity contribution in [1.29, 1.82) is 0 Å². The number of amides is 1. The Kier molecular flexibility index (Phi) is 5.03. The highest BCUT2D eigenvalue weighted by Crippen LogP contribution is 2.24. The fourth-order valence-electron chi connectivity index (χ4n) is 1.85. The third-order valence-electron chi connectivity index (χ3n) is 3.04. The van der Waals surface area contributed by atoms with Gasteiger partial charge in [0, 0.05) is 17.7 Å². The van der Waals surface area contributed by atoms with Crippen LogP contribution in [0.4, 0.5) is 0 Å². The van der Waals surface area contributed by atoms with Gasteiger partial charge in [-0.15, -0.1) is 0 Å². The summed E-state index contributed by atoms with van der Waals surface area (Å²) in [6.45, 7) is 0. The fraction of sp³-hybridized carbons (Fsp3) is 0.125. The number of hydrogen-bond acceptors (Lipinski definition) is 6. The molecule has 3 N–H and O–H groups in total. The lowest BCUT2D eigenvalue weighted by Crippen LogP contribution is -2.18. The summed E-state index contributed by atoms with van der Waals surface area (Å²) in [5.41, 5.74) is 2.98. The summed E-state index contributed by atoms with van der Waals surface area (Å²) in [7, 11) is 2.96. The van der Waals surface area contributed by atoms with E-state index >= 15 is 0 Å². The molecule has 2 aromatic rings. The largest absolute Gasteiger partial charge is 0.508 e. The van der Waals surface area contributed by atoms with Gasteiger partial charge in [-0.05, 0) is 24.3 Å². The van der Waals surface area contributed by atoms with E-state index in [2.05, 4.69) is 10.5 Å². The molecule has 0 unspecified atom stereocenters. The second-order valence-corrected chi connectivity index (χ2v) is 4.51. The molecular weight excluding hydrogens is 300 g/mol. The van der Waals surface area contributed by atoms with Gasteiger partial charge in [-0.1, -0.05) is 0 Å². The van der Waals surface area contributed by atoms with Gasteiger partial charge in [-0.3, -0.25) is 4.79 Å². The Morgan fingerprint density at radius 2 is 1.91 bits per heavy atom. The van der Waals surface area contributed by atoms with Gasteiger partial charge in [0.2, 0.25) is 0 Å². The van der Waals surface area contributed by atoms with E-state index in [1.54, 1.807) is 18.2 Å². The number of nitrogens with zero attached hydrogens (tertiary/aromatic N) is 1. The van der Waals surface area contributed by atoms with Crippen molar-refractivity contribution < 1.29 is 24.5 Å². The number of hydrogen-bond donors (Lipinski definition) is 3. The highest BCUT2D eigenvalue weighted by Gasteiger charge is 2.12. The summed E-state index contributed by atoms with van der Waals surface area (Å²) in [6, 6.07) is 8.82. The molecule has 2 rings (SSSR count). The molecule has 7 nitrogen and oxygen atoms in total. The SMILES string of the molecule is COc1ccc(C(=O)NN=Cc2ccc(O)cc2O)c(OC)c1. The van der Waals surface area contributed by atoms with Crippen LogP contribution in [-0.2, 0) is 0 Å². The van der Waals surface area contributed by atoms with Gasteiger partial charge in [0.15, 0.2) is 0 Å². The standard InChI is InChI=1S/C16H16N2O5/c1-22-12-5-6-13(15(8-12)23-2)16(21)18-17-9-10-3-4-11(19)7-14(10)20/h3-9,19-20H,1-2H3,(H,18,21). The summed E-state index contributed by atoms with van der Waals surface area (Å²) < 4.78 is 10.2. The van der Waals surface area contributed by atoms with E-state index < -0.39 is 5.91 Å². The number of benzene rings is 2. The Bertz CT molecular complexity index is 743. The maximum Gasteiger partial charge on any atom is 0.275 e. The number of ether oxygens (including phenoxy) is 2. The quantitative estimate of drug-likeness (QED) is 0.577. The maximum atomic E-state index is 12.1. The topological polar surface area (TPSA) is 100 Å². The molecule has 0 spiro atoms. The molecule has 23 heavy (non-hydrogen) atoms. The summed E-state index contributed by atoms with van der Waals surface area (Å²) in [4.78, 5) is 12.1. The summed E-state index contributed by atoms with van der Waals surface area (Å²) in [6.07, 6.45) is 1.27. The van der Waals surface area contributed by atoms with Gasteiger partial charge in [-0.2, -0.15) is 5.10 Å². The molecule has 0 radical (unpaired) electrons. The van der Waals surface area contributed by atoms with Gasteiger partial charge in [0.05, 0.1) is 26.0 Å². The van der Waals surface area contributed by atoms with Crippen LogP contribution in [0.15, 0.2) is 41.5 Å². The molecule has 120 valence electrons. The maximum absolute atomic E-state index is 12.1. The lowest BCUT2D eigenvalue weighted by molar-refractivity contribution is 0.0952. The fourth-order valence-corrected chi connectivity index (χ4v) is 1.85. The van der Waals surface area contributed by atoms with Crippen molar-refractivity contribution in [1.82, 2.24) is 5.43 Å². The molecule has 0 fully saturated rings. The Morgan fingerprint density at radius 1 is 1.13 bits per heavy atom. The molecule has 0 atom stereocenters. The molecule has 7 heteroatoms. The molecule has 0 aliphatic heterocycles. The van der Waals surface area contributed by atoms with Gasteiger partial charge >= 0.3 is 0 Å². The van der Waals surface area contributed by atoms with E-state index in [0.29, 0.717) is 22.6 Å². The minimum absolute atomic E-state index is 0.0633. The first-order valence-electron chi connectivity index (χ1n) is 6.62. The first-order valence-corrected chi connectivity index (χ1v) is 6.62. The number of hydrazone groups is 1. The number of carbonyl (C=O) groups excluding carboxylic acids is 1. The summed E-state index contributed by atoms with van der Waals surface area (Å²) >= 11 is 0. The zero-order chi connectivity index (χ0) is 16.8. The highest BCUT2D eigenvalue weighted by atomic mass is 16.5. The van der Waals surface area contributed by atoms with Crippen molar-refractivity contribution in [3.05, 3.63) is 47.5 Å². The smallest absolute Gasteiger partial charge is 0.275 e. The number of methoxy groups -OCH3 is 2. The van der Waals surface area contributed by atoms with E-state index in [0.717, 1.165) is 0 Å². The third kappa shape index (κ3) is 3.91. The number of carbonyl (C=O) groups is 1. The molecule has 0 aliphatic carbocycles. The Morgan fingerprint density at radius 3 is 2.57 bits per heavy atom. The second-order valence-electron chi connectivity index (χ2n) is 4.51. The zero-order valence-corrected chi connectivity index (χ0v) is 12.6. The van der Waals surface area contributed by atoms with E-state index in [1.807, 2.05) is 0 Å². The van der Waals surface area contributed by atoms with Crippen molar-refractivity contribution in [3.63, 3.8) is 0 Å². The average Bonchev–Trinajstić information content (AvgIpc) is 2.56. The number of phenols is 2. The van der Waals surface area contributed by atoms with Crippen molar-refractivity contribution in [2.75, 3.05) is 14.2 Å². The van der Waals surface area contributed by atoms with Crippen molar-refractivity contribution >= 4 is 12.1 Å². The van der Waals surface area contributed by atoms with Gasteiger partial charge in [0.1, 0.15) is 23.0 Å². The minimum Gasteiger partial charge on any atom is -0.508 e. The molecule has 0 bridgehead atoms. The van der Waals surface area contributed by atoms with Crippen LogP contribution in [0.5, 0.6) is 23.0 Å². The predicted molar refractivity (Wildman–Crippen MR) is 84.4 cm³/mol. The first-order chi connectivity index (χ1) is 11.0. The van der Waals surface area contributed by atoms with Gasteiger partial charge < -0.3 is 19.7 Å². The monoisotopic (exact) mass is 316 g/mol. The van der Waals surface area contributed by atoms with E-state index in [9.17, 15) is 15.0 Å². The normalized spacial score (nSPS) is 10.5. The first kappa shape index (κ1) is 16.2. The molecule has 2 aromatic carbocycles. The predicted octanol–water partition coefficient (Wildman–Crippen LogP) is 1.88. The Balaban J connectivity index is 2.11. The molecule has 0 aromatic heterocycles. The Hall–Kier alpha value is -3.22. The second kappa shape index (κ2) is 7.17. The van der Waals surface area contributed by atoms with E-state index in [1.165, 1.54) is 38.6 Å². The van der Waals surface area contributed by atoms with Crippen LogP contribution in [0.2, 0.25) is 0 Å². The third-order valence-corrected chi connectivity index (χ3v) is 3.04. The van der Waals surface area contributed by atoms with Crippen LogP contribution in [0.1, 0.15) is 15.9 Å². The van der Waals surface area contributed by atoms with Crippen LogP contribution in [0.25, 0.3) is 0 Å². The summed E-state index contributed by atoms with van der Waals surface area (Å²) in [5.74, 6) is 0.233. The highest BCUT2D eigenvalue weighted by molar-refractivity contribution is 5.97. The number of phenolic OH excluding ortho intramolecular Hbond substituents is 2. The summed E-state index contributed by atoms with van der Waals surface area (Å²) in [5, 5.41) is 22.6. The molecule has 0 saturated carbocycles. The molecule has 0 saturated heterocycles. The zero-order valence-electron chi connectivity index (χ0n) is 12.6. The minimum atomic E-state index is -0.473. The van der Waals surface area contributed by atoms with E-state index in [-0.39, 0.29) is 11.5 Å². The van der Waals surface area contributed by atoms with Crippen molar-refractivity contribution in [2.45, 2.75) is 0 Å². The van der Waals surface area contributed by atoms with E-state index in [4.69, 9.17) is 9.47 Å². The lowest BCUT2D eigenvalue weighted by atomic mass is 10.2. The number of aromatic hydroxyl groups is 2. The van der Waals surface area contributed by atoms with Crippen LogP contribution >= 0.6 is 0 Å². The molecule has 0 aliphatic rings. The molecule has 1 amide bonds. The van der Waals surface area contributed by atoms with Crippen LogP contribution < -0.4 is 14.9 Å². The van der Waals surface area contributed by atoms with Crippen molar-refractivity contribution in [3.8, 4) is 23.0 Å². The van der Waals surface area contributed by atoms with Gasteiger partial charge in [0.25, 0.3) is 5.91 Å². The van der Waals surface area contributed by atoms with Crippen LogP contribution in [0, 0.1) is 0 Å². The average molecular weight is 316 g/mol. The number of nitrogens with one attached hydrogen (secondary N) is 1. The molecule has 0 heterocycles. The lowest BCUT2D eigenvalue weighted by Gasteiger charge is -2.08. The Labute approximate surface area is 132 Å². The van der Waals surface area contributed by atoms with Gasteiger partial charge in [-0.25, -0.2) is 5.43 Å². The van der Waals surface area contributed by atoms with Crippen LogP contribution in [0.3, 0.4) is 0 Å².